The van der Waals surface area contributed by atoms with Crippen LogP contribution in [0.15, 0.2) is 0 Å². The summed E-state index contributed by atoms with van der Waals surface area (Å²) in [6.45, 7) is 4.18. The van der Waals surface area contributed by atoms with Gasteiger partial charge in [0.1, 0.15) is 0 Å². The third-order valence-electron chi connectivity index (χ3n) is 3.12. The Kier molecular flexibility index (Phi) is 9.14. The molecule has 0 N–H and O–H groups in total. The van der Waals surface area contributed by atoms with Crippen molar-refractivity contribution in [2.24, 2.45) is 0 Å². The Hall–Kier alpha value is 2.80. The van der Waals surface area contributed by atoms with Crippen LogP contribution in [0.25, 0.3) is 0 Å². The molecule has 0 bridgehead atoms. The third kappa shape index (κ3) is 6.73. The smallest absolute Gasteiger partial charge is 0.0688 e. The minimum Gasteiger partial charge on any atom is -0.176 e. The number of thiol groups is 6. The van der Waals surface area contributed by atoms with Gasteiger partial charge in [0.15, 0.2) is 0 Å². The molecule has 0 aromatic carbocycles. The van der Waals surface area contributed by atoms with Crippen LogP contribution in [-0.2, 0) is 0 Å². The van der Waals surface area contributed by atoms with E-state index >= 15 is 0 Å². The topological polar surface area (TPSA) is 0 Å². The summed E-state index contributed by atoms with van der Waals surface area (Å²) in [5.41, 5.74) is 0. The third-order valence-corrected chi connectivity index (χ3v) is 9.58. The van der Waals surface area contributed by atoms with Gasteiger partial charge in [0.25, 0.3) is 0 Å². The summed E-state index contributed by atoms with van der Waals surface area (Å²) in [6, 6.07) is 0. The van der Waals surface area contributed by atoms with E-state index in [-0.39, 0.29) is 8.16 Å². The lowest BCUT2D eigenvalue weighted by Gasteiger charge is -2.42. The van der Waals surface area contributed by atoms with E-state index in [9.17, 15) is 0 Å². The van der Waals surface area contributed by atoms with Crippen LogP contribution >= 0.6 is 99.3 Å². The zero-order valence-electron chi connectivity index (χ0n) is 11.6. The van der Waals surface area contributed by atoms with Crippen LogP contribution in [0.4, 0.5) is 0 Å². The van der Waals surface area contributed by atoms with Crippen LogP contribution in [-0.4, -0.2) is 40.7 Å². The van der Waals surface area contributed by atoms with E-state index in [1.165, 1.54) is 0 Å². The fourth-order valence-electron chi connectivity index (χ4n) is 2.17. The maximum Gasteiger partial charge on any atom is 0.0688 e. The molecular formula is C12H24S8. The van der Waals surface area contributed by atoms with Gasteiger partial charge in [-0.3, -0.25) is 0 Å². The fraction of sp³-hybridized carbons (Fsp3) is 1.00. The van der Waals surface area contributed by atoms with Crippen molar-refractivity contribution in [3.05, 3.63) is 0 Å². The van der Waals surface area contributed by atoms with Crippen LogP contribution in [0.2, 0.25) is 0 Å². The minimum absolute atomic E-state index is 0.267. The summed E-state index contributed by atoms with van der Waals surface area (Å²) in [6.07, 6.45) is 1.79. The second kappa shape index (κ2) is 8.77. The highest BCUT2D eigenvalue weighted by atomic mass is 32.2. The number of thioether (sulfide) groups is 2. The summed E-state index contributed by atoms with van der Waals surface area (Å²) in [5, 5.41) is 1.48. The molecule has 1 fully saturated rings. The first-order valence-corrected chi connectivity index (χ1v) is 11.5. The number of rotatable bonds is 6. The maximum absolute atomic E-state index is 4.76. The van der Waals surface area contributed by atoms with Crippen LogP contribution in [0.5, 0.6) is 0 Å². The molecule has 4 unspecified atom stereocenters. The van der Waals surface area contributed by atoms with E-state index < -0.39 is 0 Å². The zero-order chi connectivity index (χ0) is 15.6. The Morgan fingerprint density at radius 3 is 1.35 bits per heavy atom. The molecule has 0 spiro atoms. The predicted octanol–water partition coefficient (Wildman–Crippen LogP) is 4.73. The zero-order valence-corrected chi connectivity index (χ0v) is 18.6. The van der Waals surface area contributed by atoms with Crippen molar-refractivity contribution in [2.45, 2.75) is 55.8 Å². The van der Waals surface area contributed by atoms with Crippen molar-refractivity contribution < 1.29 is 0 Å². The molecule has 1 saturated heterocycles. The molecule has 4 atom stereocenters. The Balaban J connectivity index is 2.55. The van der Waals surface area contributed by atoms with Gasteiger partial charge in [-0.2, -0.15) is 99.3 Å². The van der Waals surface area contributed by atoms with Gasteiger partial charge < -0.3 is 0 Å². The predicted molar refractivity (Wildman–Crippen MR) is 120 cm³/mol. The quantitative estimate of drug-likeness (QED) is 0.269. The van der Waals surface area contributed by atoms with Crippen LogP contribution in [0.3, 0.4) is 0 Å². The molecule has 20 heavy (non-hydrogen) atoms. The van der Waals surface area contributed by atoms with Gasteiger partial charge >= 0.3 is 0 Å². The van der Waals surface area contributed by atoms with Gasteiger partial charge in [-0.25, -0.2) is 0 Å². The highest BCUT2D eigenvalue weighted by Crippen LogP contribution is 2.48. The Labute approximate surface area is 165 Å². The molecule has 0 aromatic rings. The SMILES string of the molecule is CC(S)CC(S)(S)C1CSC(C(S)(S)CC(C)S)CS1. The minimum atomic E-state index is -0.267. The first-order chi connectivity index (χ1) is 9.04. The molecule has 0 radical (unpaired) electrons. The Bertz CT molecular complexity index is 264. The largest absolute Gasteiger partial charge is 0.176 e. The van der Waals surface area contributed by atoms with E-state index in [0.717, 1.165) is 24.3 Å². The summed E-state index contributed by atoms with van der Waals surface area (Å²) >= 11 is 31.8. The summed E-state index contributed by atoms with van der Waals surface area (Å²) in [5.74, 6) is 2.07. The van der Waals surface area contributed by atoms with Gasteiger partial charge in [-0.05, 0) is 12.8 Å². The van der Waals surface area contributed by atoms with Gasteiger partial charge in [0, 0.05) is 32.5 Å². The molecule has 0 aromatic heterocycles. The summed E-state index contributed by atoms with van der Waals surface area (Å²) < 4.78 is -0.535. The average molecular weight is 425 g/mol. The van der Waals surface area contributed by atoms with E-state index in [0.29, 0.717) is 21.0 Å². The number of hydrogen-bond donors (Lipinski definition) is 6. The van der Waals surface area contributed by atoms with E-state index in [1.54, 1.807) is 0 Å². The van der Waals surface area contributed by atoms with Gasteiger partial charge in [0.2, 0.25) is 0 Å². The summed E-state index contributed by atoms with van der Waals surface area (Å²) in [7, 11) is 0. The highest BCUT2D eigenvalue weighted by molar-refractivity contribution is 8.11. The van der Waals surface area contributed by atoms with Crippen molar-refractivity contribution >= 4 is 99.3 Å². The molecule has 8 heteroatoms. The van der Waals surface area contributed by atoms with Crippen molar-refractivity contribution in [3.63, 3.8) is 0 Å². The molecule has 1 heterocycles. The molecule has 0 nitrogen and oxygen atoms in total. The number of hydrogen-bond acceptors (Lipinski definition) is 8. The van der Waals surface area contributed by atoms with Crippen LogP contribution in [0.1, 0.15) is 26.7 Å². The van der Waals surface area contributed by atoms with Crippen molar-refractivity contribution in [1.29, 1.82) is 0 Å². The van der Waals surface area contributed by atoms with Crippen LogP contribution < -0.4 is 0 Å². The van der Waals surface area contributed by atoms with E-state index in [1.807, 2.05) is 23.5 Å². The van der Waals surface area contributed by atoms with Crippen molar-refractivity contribution in [2.75, 3.05) is 11.5 Å². The molecule has 120 valence electrons. The maximum atomic E-state index is 4.76. The first-order valence-electron chi connectivity index (χ1n) is 6.53. The lowest BCUT2D eigenvalue weighted by Crippen LogP contribution is -2.42. The van der Waals surface area contributed by atoms with Gasteiger partial charge in [-0.15, -0.1) is 0 Å². The molecule has 0 amide bonds. The normalized spacial score (nSPS) is 28.2. The van der Waals surface area contributed by atoms with Crippen molar-refractivity contribution in [3.8, 4) is 0 Å². The molecule has 0 saturated carbocycles. The lowest BCUT2D eigenvalue weighted by molar-refractivity contribution is 0.689. The summed E-state index contributed by atoms with van der Waals surface area (Å²) in [4.78, 5) is 0. The molecule has 0 aliphatic carbocycles. The van der Waals surface area contributed by atoms with Crippen LogP contribution in [0, 0.1) is 0 Å². The average Bonchev–Trinajstić information content (AvgIpc) is 2.25. The monoisotopic (exact) mass is 424 g/mol. The first kappa shape index (κ1) is 20.8. The Morgan fingerprint density at radius 1 is 0.850 bits per heavy atom. The highest BCUT2D eigenvalue weighted by Gasteiger charge is 2.41. The molecule has 1 aliphatic heterocycles. The Morgan fingerprint density at radius 2 is 1.15 bits per heavy atom. The second-order valence-corrected chi connectivity index (χ2v) is 13.6. The molecule has 1 aliphatic rings. The molecular weight excluding hydrogens is 401 g/mol. The standard InChI is InChI=1S/C12H24S8/c1-7(13)3-11(15,16)9-5-20-10(6-19-9)12(17,18)4-8(2)14/h7-10,13-18H,3-6H2,1-2H3. The fourth-order valence-corrected chi connectivity index (χ4v) is 9.52. The lowest BCUT2D eigenvalue weighted by atomic mass is 10.2. The van der Waals surface area contributed by atoms with Crippen molar-refractivity contribution in [1.82, 2.24) is 0 Å². The molecule has 1 rings (SSSR count). The van der Waals surface area contributed by atoms with E-state index in [4.69, 9.17) is 50.5 Å². The second-order valence-electron chi connectivity index (χ2n) is 5.51. The van der Waals surface area contributed by atoms with E-state index in [2.05, 4.69) is 39.1 Å². The van der Waals surface area contributed by atoms with Gasteiger partial charge in [0.05, 0.1) is 8.16 Å². The van der Waals surface area contributed by atoms with Gasteiger partial charge in [-0.1, -0.05) is 13.8 Å².